The van der Waals surface area contributed by atoms with Crippen LogP contribution < -0.4 is 0 Å². The van der Waals surface area contributed by atoms with Crippen molar-refractivity contribution in [3.8, 4) is 0 Å². The van der Waals surface area contributed by atoms with Crippen LogP contribution in [-0.2, 0) is 4.74 Å². The Labute approximate surface area is 201 Å². The maximum Gasteiger partial charge on any atom is 0.0811 e. The Morgan fingerprint density at radius 1 is 1.21 bits per heavy atom. The van der Waals surface area contributed by atoms with Crippen molar-refractivity contribution in [3.63, 3.8) is 0 Å². The number of allylic oxidation sites excluding steroid dienone is 3. The number of hydrogen-bond acceptors (Lipinski definition) is 4. The van der Waals surface area contributed by atoms with Crippen molar-refractivity contribution in [1.82, 2.24) is 0 Å². The molecule has 2 unspecified atom stereocenters. The van der Waals surface area contributed by atoms with Gasteiger partial charge in [0.25, 0.3) is 0 Å². The lowest BCUT2D eigenvalue weighted by atomic mass is 9.61. The van der Waals surface area contributed by atoms with Crippen LogP contribution >= 0.6 is 0 Å². The van der Waals surface area contributed by atoms with E-state index in [0.717, 1.165) is 37.0 Å². The maximum absolute atomic E-state index is 10.5. The minimum absolute atomic E-state index is 0.307. The molecule has 0 aromatic heterocycles. The topological polar surface area (TPSA) is 69.9 Å². The Balaban J connectivity index is 1.62. The Kier molecular flexibility index (Phi) is 9.05. The molecule has 0 saturated heterocycles. The van der Waals surface area contributed by atoms with Gasteiger partial charge in [0.1, 0.15) is 0 Å². The fourth-order valence-corrected chi connectivity index (χ4v) is 6.93. The Morgan fingerprint density at radius 3 is 2.64 bits per heavy atom. The molecule has 0 aliphatic heterocycles. The lowest BCUT2D eigenvalue weighted by Crippen LogP contribution is -2.37. The molecule has 0 radical (unpaired) electrons. The highest BCUT2D eigenvalue weighted by molar-refractivity contribution is 5.38. The maximum atomic E-state index is 10.5. The van der Waals surface area contributed by atoms with Gasteiger partial charge in [-0.05, 0) is 92.1 Å². The summed E-state index contributed by atoms with van der Waals surface area (Å²) in [6, 6.07) is 0. The number of rotatable bonds is 9. The molecule has 0 heterocycles. The summed E-state index contributed by atoms with van der Waals surface area (Å²) >= 11 is 0. The van der Waals surface area contributed by atoms with Crippen LogP contribution in [0.5, 0.6) is 0 Å². The number of aliphatic hydroxyl groups is 3. The Bertz CT molecular complexity index is 734. The van der Waals surface area contributed by atoms with Gasteiger partial charge in [-0.15, -0.1) is 0 Å². The summed E-state index contributed by atoms with van der Waals surface area (Å²) in [4.78, 5) is 0. The van der Waals surface area contributed by atoms with E-state index in [9.17, 15) is 15.3 Å². The van der Waals surface area contributed by atoms with Crippen LogP contribution in [0.15, 0.2) is 35.5 Å². The van der Waals surface area contributed by atoms with E-state index in [2.05, 4.69) is 32.6 Å². The van der Waals surface area contributed by atoms with Gasteiger partial charge < -0.3 is 20.1 Å². The second-order valence-electron chi connectivity index (χ2n) is 11.4. The highest BCUT2D eigenvalue weighted by atomic mass is 16.5. The summed E-state index contributed by atoms with van der Waals surface area (Å²) in [5, 5.41) is 30.7. The molecule has 0 spiro atoms. The third kappa shape index (κ3) is 6.01. The molecule has 4 heteroatoms. The van der Waals surface area contributed by atoms with Gasteiger partial charge >= 0.3 is 0 Å². The normalized spacial score (nSPS) is 36.4. The fourth-order valence-electron chi connectivity index (χ4n) is 6.93. The molecule has 3 saturated carbocycles. The van der Waals surface area contributed by atoms with E-state index in [-0.39, 0.29) is 0 Å². The van der Waals surface area contributed by atoms with Gasteiger partial charge in [0.05, 0.1) is 17.8 Å². The van der Waals surface area contributed by atoms with Crippen LogP contribution in [0.4, 0.5) is 0 Å². The van der Waals surface area contributed by atoms with Crippen molar-refractivity contribution in [2.45, 2.75) is 110 Å². The predicted molar refractivity (Wildman–Crippen MR) is 135 cm³/mol. The van der Waals surface area contributed by atoms with E-state index in [4.69, 9.17) is 4.74 Å². The molecule has 0 amide bonds. The van der Waals surface area contributed by atoms with Crippen molar-refractivity contribution in [2.24, 2.45) is 23.2 Å². The smallest absolute Gasteiger partial charge is 0.0811 e. The molecule has 4 nitrogen and oxygen atoms in total. The van der Waals surface area contributed by atoms with Gasteiger partial charge in [0, 0.05) is 19.6 Å². The van der Waals surface area contributed by atoms with Gasteiger partial charge in [-0.2, -0.15) is 0 Å². The number of aliphatic hydroxyl groups excluding tert-OH is 2. The third-order valence-corrected chi connectivity index (χ3v) is 9.40. The fraction of sp³-hybridized carbons (Fsp3) is 0.793. The average molecular weight is 461 g/mol. The summed E-state index contributed by atoms with van der Waals surface area (Å²) in [5.74, 6) is 1.77. The van der Waals surface area contributed by atoms with E-state index < -0.39 is 17.8 Å². The summed E-state index contributed by atoms with van der Waals surface area (Å²) in [6.45, 7) is 14.4. The summed E-state index contributed by atoms with van der Waals surface area (Å²) in [7, 11) is 0. The molecule has 3 rings (SSSR count). The standard InChI is InChI=1S/C29H48O4/c1-6-29(32,7-2)15-16-33-19-20(3)25-12-13-26-22(9-8-14-28(25,26)5)10-11-23-17-24(30)18-27(31)21(23)4/h10-11,20,24-27,30-32H,4,6-9,12-19H2,1-3,5H3/b22-10+,23-11-/t20-,24+,25?,26?,27-,28+/m0/s1. The first-order valence-electron chi connectivity index (χ1n) is 13.4. The molecule has 6 atom stereocenters. The molecule has 0 aromatic rings. The van der Waals surface area contributed by atoms with Gasteiger partial charge in [-0.3, -0.25) is 0 Å². The minimum Gasteiger partial charge on any atom is -0.393 e. The molecular weight excluding hydrogens is 412 g/mol. The molecule has 3 N–H and O–H groups in total. The van der Waals surface area contributed by atoms with E-state index in [1.54, 1.807) is 0 Å². The van der Waals surface area contributed by atoms with Crippen molar-refractivity contribution < 1.29 is 20.1 Å². The number of hydrogen-bond donors (Lipinski definition) is 3. The zero-order valence-electron chi connectivity index (χ0n) is 21.5. The molecule has 33 heavy (non-hydrogen) atoms. The second-order valence-corrected chi connectivity index (χ2v) is 11.4. The van der Waals surface area contributed by atoms with E-state index >= 15 is 0 Å². The average Bonchev–Trinajstić information content (AvgIpc) is 3.15. The first-order chi connectivity index (χ1) is 15.6. The summed E-state index contributed by atoms with van der Waals surface area (Å²) in [5.41, 5.74) is 3.02. The van der Waals surface area contributed by atoms with Gasteiger partial charge in [0.2, 0.25) is 0 Å². The summed E-state index contributed by atoms with van der Waals surface area (Å²) in [6.07, 6.45) is 12.7. The molecule has 188 valence electrons. The van der Waals surface area contributed by atoms with Crippen molar-refractivity contribution >= 4 is 0 Å². The molecule has 0 aromatic carbocycles. The minimum atomic E-state index is -0.627. The van der Waals surface area contributed by atoms with Crippen LogP contribution in [0.3, 0.4) is 0 Å². The van der Waals surface area contributed by atoms with Crippen molar-refractivity contribution in [2.75, 3.05) is 13.2 Å². The molecule has 3 aliphatic carbocycles. The zero-order valence-corrected chi connectivity index (χ0v) is 21.5. The predicted octanol–water partition coefficient (Wildman–Crippen LogP) is 5.72. The molecular formula is C29H48O4. The SMILES string of the molecule is C=C1/C(=C\C=C2/CCC[C@@]3(C)C2CCC3[C@@H](C)COCCC(O)(CC)CC)C[C@@H](O)C[C@@H]1O. The van der Waals surface area contributed by atoms with Crippen molar-refractivity contribution in [3.05, 3.63) is 35.5 Å². The van der Waals surface area contributed by atoms with E-state index in [0.29, 0.717) is 49.0 Å². The number of fused-ring (bicyclic) bond motifs is 1. The van der Waals surface area contributed by atoms with Crippen LogP contribution in [0, 0.1) is 23.2 Å². The summed E-state index contributed by atoms with van der Waals surface area (Å²) < 4.78 is 6.08. The first kappa shape index (κ1) is 26.7. The number of ether oxygens (including phenoxy) is 1. The highest BCUT2D eigenvalue weighted by Crippen LogP contribution is 2.59. The van der Waals surface area contributed by atoms with E-state index in [1.807, 2.05) is 13.8 Å². The zero-order chi connectivity index (χ0) is 24.2. The molecule has 3 aliphatic rings. The van der Waals surface area contributed by atoms with Gasteiger partial charge in [0.15, 0.2) is 0 Å². The lowest BCUT2D eigenvalue weighted by molar-refractivity contribution is -0.0206. The second kappa shape index (κ2) is 11.2. The quantitative estimate of drug-likeness (QED) is 0.385. The third-order valence-electron chi connectivity index (χ3n) is 9.40. The first-order valence-corrected chi connectivity index (χ1v) is 13.4. The van der Waals surface area contributed by atoms with E-state index in [1.165, 1.54) is 31.3 Å². The molecule has 3 fully saturated rings. The Morgan fingerprint density at radius 2 is 1.94 bits per heavy atom. The van der Waals surface area contributed by atoms with Crippen LogP contribution in [0.25, 0.3) is 0 Å². The molecule has 0 bridgehead atoms. The van der Waals surface area contributed by atoms with Gasteiger partial charge in [-0.25, -0.2) is 0 Å². The largest absolute Gasteiger partial charge is 0.393 e. The van der Waals surface area contributed by atoms with Crippen LogP contribution in [0.2, 0.25) is 0 Å². The van der Waals surface area contributed by atoms with Crippen molar-refractivity contribution in [1.29, 1.82) is 0 Å². The Hall–Kier alpha value is -0.940. The highest BCUT2D eigenvalue weighted by Gasteiger charge is 2.50. The lowest BCUT2D eigenvalue weighted by Gasteiger charge is -2.44. The van der Waals surface area contributed by atoms with Gasteiger partial charge in [-0.1, -0.05) is 52.0 Å². The monoisotopic (exact) mass is 460 g/mol. The van der Waals surface area contributed by atoms with Crippen LogP contribution in [0.1, 0.15) is 91.9 Å². The van der Waals surface area contributed by atoms with Crippen LogP contribution in [-0.4, -0.2) is 46.3 Å².